The van der Waals surface area contributed by atoms with Crippen LogP contribution in [0.15, 0.2) is 29.2 Å². The fraction of sp³-hybridized carbons (Fsp3) is 0.556. The summed E-state index contributed by atoms with van der Waals surface area (Å²) in [6.07, 6.45) is 1.55. The first-order valence-corrected chi connectivity index (χ1v) is 10.5. The van der Waals surface area contributed by atoms with Gasteiger partial charge in [-0.25, -0.2) is 12.8 Å². The molecule has 2 rings (SSSR count). The summed E-state index contributed by atoms with van der Waals surface area (Å²) in [7, 11) is -3.70. The van der Waals surface area contributed by atoms with E-state index in [2.05, 4.69) is 10.6 Å². The fourth-order valence-electron chi connectivity index (χ4n) is 2.91. The third kappa shape index (κ3) is 5.49. The number of hydrogen-bond donors (Lipinski definition) is 2. The number of hydrogen-bond acceptors (Lipinski definition) is 4. The Morgan fingerprint density at radius 1 is 1.22 bits per heavy atom. The molecule has 1 aromatic carbocycles. The van der Waals surface area contributed by atoms with E-state index < -0.39 is 21.9 Å². The number of halogens is 1. The molecule has 0 aromatic heterocycles. The number of carbonyl (C=O) groups is 2. The molecule has 1 fully saturated rings. The molecule has 1 saturated heterocycles. The number of nitrogens with one attached hydrogen (secondary N) is 2. The number of sulfonamides is 1. The van der Waals surface area contributed by atoms with E-state index in [1.165, 1.54) is 16.4 Å². The van der Waals surface area contributed by atoms with Gasteiger partial charge in [-0.3, -0.25) is 9.59 Å². The molecule has 0 radical (unpaired) electrons. The molecule has 1 aliphatic heterocycles. The van der Waals surface area contributed by atoms with E-state index in [0.717, 1.165) is 18.6 Å². The Labute approximate surface area is 159 Å². The van der Waals surface area contributed by atoms with Crippen molar-refractivity contribution in [2.45, 2.75) is 44.0 Å². The summed E-state index contributed by atoms with van der Waals surface area (Å²) in [6.45, 7) is 4.52. The van der Waals surface area contributed by atoms with Gasteiger partial charge in [-0.15, -0.1) is 0 Å². The van der Waals surface area contributed by atoms with Crippen LogP contribution >= 0.6 is 0 Å². The number of nitrogens with zero attached hydrogens (tertiary/aromatic N) is 1. The third-order valence-electron chi connectivity index (χ3n) is 4.58. The quantitative estimate of drug-likeness (QED) is 0.722. The third-order valence-corrected chi connectivity index (χ3v) is 6.49. The summed E-state index contributed by atoms with van der Waals surface area (Å²) in [5, 5.41) is 5.41. The first-order chi connectivity index (χ1) is 12.8. The maximum Gasteiger partial charge on any atom is 0.243 e. The van der Waals surface area contributed by atoms with Crippen molar-refractivity contribution in [1.82, 2.24) is 14.9 Å². The molecule has 7 nitrogen and oxygen atoms in total. The van der Waals surface area contributed by atoms with Gasteiger partial charge in [-0.1, -0.05) is 6.92 Å². The first kappa shape index (κ1) is 21.3. The molecule has 1 atom stereocenters. The number of carbonyl (C=O) groups excluding carboxylic acids is 2. The van der Waals surface area contributed by atoms with Crippen molar-refractivity contribution in [1.29, 1.82) is 0 Å². The van der Waals surface area contributed by atoms with Gasteiger partial charge >= 0.3 is 0 Å². The highest BCUT2D eigenvalue weighted by Crippen LogP contribution is 2.24. The summed E-state index contributed by atoms with van der Waals surface area (Å²) in [4.78, 5) is 24.2. The van der Waals surface area contributed by atoms with Crippen LogP contribution in [0.5, 0.6) is 0 Å². The summed E-state index contributed by atoms with van der Waals surface area (Å²) in [5.74, 6) is -1.32. The van der Waals surface area contributed by atoms with Crippen molar-refractivity contribution in [2.75, 3.05) is 19.6 Å². The van der Waals surface area contributed by atoms with E-state index in [4.69, 9.17) is 0 Å². The SMILES string of the molecule is CCCNC(=O)[C@H](C)NC(=O)C1CCN(S(=O)(=O)c2ccc(F)cc2)CC1. The van der Waals surface area contributed by atoms with Gasteiger partial charge in [-0.05, 0) is 50.5 Å². The maximum absolute atomic E-state index is 13.0. The van der Waals surface area contributed by atoms with Gasteiger partial charge in [0.05, 0.1) is 4.90 Å². The van der Waals surface area contributed by atoms with Crippen molar-refractivity contribution in [3.8, 4) is 0 Å². The van der Waals surface area contributed by atoms with Crippen LogP contribution in [0.3, 0.4) is 0 Å². The molecule has 2 N–H and O–H groups in total. The maximum atomic E-state index is 13.0. The van der Waals surface area contributed by atoms with Crippen LogP contribution in [0.1, 0.15) is 33.1 Å². The molecular formula is C18H26FN3O4S. The Morgan fingerprint density at radius 3 is 2.37 bits per heavy atom. The molecule has 27 heavy (non-hydrogen) atoms. The van der Waals surface area contributed by atoms with Gasteiger partial charge in [0.1, 0.15) is 11.9 Å². The van der Waals surface area contributed by atoms with Gasteiger partial charge in [0.2, 0.25) is 21.8 Å². The molecule has 1 aliphatic rings. The van der Waals surface area contributed by atoms with Crippen molar-refractivity contribution < 1.29 is 22.4 Å². The number of rotatable bonds is 7. The van der Waals surface area contributed by atoms with Crippen LogP contribution in [-0.2, 0) is 19.6 Å². The topological polar surface area (TPSA) is 95.6 Å². The Morgan fingerprint density at radius 2 is 1.81 bits per heavy atom. The molecule has 0 bridgehead atoms. The predicted octanol–water partition coefficient (Wildman–Crippen LogP) is 1.26. The molecular weight excluding hydrogens is 373 g/mol. The van der Waals surface area contributed by atoms with Crippen LogP contribution in [0, 0.1) is 11.7 Å². The van der Waals surface area contributed by atoms with Crippen molar-refractivity contribution in [2.24, 2.45) is 5.92 Å². The highest BCUT2D eigenvalue weighted by Gasteiger charge is 2.32. The normalized spacial score (nSPS) is 17.3. The van der Waals surface area contributed by atoms with Crippen LogP contribution in [-0.4, -0.2) is 50.2 Å². The van der Waals surface area contributed by atoms with Crippen molar-refractivity contribution >= 4 is 21.8 Å². The second kappa shape index (κ2) is 9.27. The lowest BCUT2D eigenvalue weighted by molar-refractivity contribution is -0.131. The molecule has 0 aliphatic carbocycles. The lowest BCUT2D eigenvalue weighted by Crippen LogP contribution is -2.49. The Kier molecular flexibility index (Phi) is 7.32. The molecule has 0 unspecified atom stereocenters. The first-order valence-electron chi connectivity index (χ1n) is 9.09. The van der Waals surface area contributed by atoms with E-state index in [9.17, 15) is 22.4 Å². The van der Waals surface area contributed by atoms with Crippen LogP contribution < -0.4 is 10.6 Å². The molecule has 1 aromatic rings. The Balaban J connectivity index is 1.89. The highest BCUT2D eigenvalue weighted by atomic mass is 32.2. The number of piperidine rings is 1. The van der Waals surface area contributed by atoms with Crippen molar-refractivity contribution in [3.05, 3.63) is 30.1 Å². The van der Waals surface area contributed by atoms with Gasteiger partial charge in [0, 0.05) is 25.6 Å². The van der Waals surface area contributed by atoms with Gasteiger partial charge in [0.15, 0.2) is 0 Å². The van der Waals surface area contributed by atoms with Crippen LogP contribution in [0.25, 0.3) is 0 Å². The molecule has 9 heteroatoms. The van der Waals surface area contributed by atoms with E-state index in [-0.39, 0.29) is 35.7 Å². The molecule has 1 heterocycles. The average Bonchev–Trinajstić information content (AvgIpc) is 2.66. The van der Waals surface area contributed by atoms with E-state index >= 15 is 0 Å². The predicted molar refractivity (Wildman–Crippen MR) is 98.8 cm³/mol. The van der Waals surface area contributed by atoms with Crippen LogP contribution in [0.4, 0.5) is 4.39 Å². The van der Waals surface area contributed by atoms with E-state index in [1.54, 1.807) is 6.92 Å². The number of benzene rings is 1. The fourth-order valence-corrected chi connectivity index (χ4v) is 4.38. The van der Waals surface area contributed by atoms with Gasteiger partial charge in [0.25, 0.3) is 0 Å². The summed E-state index contributed by atoms with van der Waals surface area (Å²) in [5.41, 5.74) is 0. The molecule has 150 valence electrons. The Hall–Kier alpha value is -2.00. The minimum Gasteiger partial charge on any atom is -0.354 e. The smallest absolute Gasteiger partial charge is 0.243 e. The zero-order chi connectivity index (χ0) is 20.0. The van der Waals surface area contributed by atoms with Gasteiger partial charge in [-0.2, -0.15) is 4.31 Å². The zero-order valence-electron chi connectivity index (χ0n) is 15.6. The average molecular weight is 399 g/mol. The summed E-state index contributed by atoms with van der Waals surface area (Å²) in [6, 6.07) is 4.06. The zero-order valence-corrected chi connectivity index (χ0v) is 16.4. The molecule has 2 amide bonds. The lowest BCUT2D eigenvalue weighted by Gasteiger charge is -2.31. The van der Waals surface area contributed by atoms with E-state index in [1.807, 2.05) is 6.92 Å². The largest absolute Gasteiger partial charge is 0.354 e. The monoisotopic (exact) mass is 399 g/mol. The van der Waals surface area contributed by atoms with Crippen LogP contribution in [0.2, 0.25) is 0 Å². The molecule has 0 saturated carbocycles. The second-order valence-corrected chi connectivity index (χ2v) is 8.59. The summed E-state index contributed by atoms with van der Waals surface area (Å²) >= 11 is 0. The lowest BCUT2D eigenvalue weighted by atomic mass is 9.97. The highest BCUT2D eigenvalue weighted by molar-refractivity contribution is 7.89. The minimum atomic E-state index is -3.70. The Bertz CT molecular complexity index is 759. The number of amides is 2. The second-order valence-electron chi connectivity index (χ2n) is 6.65. The van der Waals surface area contributed by atoms with Gasteiger partial charge < -0.3 is 10.6 Å². The minimum absolute atomic E-state index is 0.0352. The van der Waals surface area contributed by atoms with Crippen molar-refractivity contribution in [3.63, 3.8) is 0 Å². The van der Waals surface area contributed by atoms with E-state index in [0.29, 0.717) is 19.4 Å². The summed E-state index contributed by atoms with van der Waals surface area (Å²) < 4.78 is 39.5. The standard InChI is InChI=1S/C18H26FN3O4S/c1-3-10-20-17(23)13(2)21-18(24)14-8-11-22(12-9-14)27(25,26)16-6-4-15(19)5-7-16/h4-7,13-14H,3,8-12H2,1-2H3,(H,20,23)(H,21,24)/t13-/m0/s1. The molecule has 0 spiro atoms.